The second-order valence-electron chi connectivity index (χ2n) is 4.13. The van der Waals surface area contributed by atoms with Crippen LogP contribution in [0.2, 0.25) is 5.02 Å². The molecule has 0 saturated heterocycles. The molecule has 3 rings (SSSR count). The molecule has 0 saturated carbocycles. The monoisotopic (exact) mass is 303 g/mol. The largest absolute Gasteiger partial charge is 0.486 e. The van der Waals surface area contributed by atoms with Gasteiger partial charge in [0.2, 0.25) is 0 Å². The van der Waals surface area contributed by atoms with Crippen LogP contribution in [0, 0.1) is 11.3 Å². The molecule has 0 radical (unpaired) electrons. The standard InChI is InChI=1S/C15H10ClNO2S/c16-12-2-1-3-15(11(12)9-17)20-10-4-5-13-14(8-10)19-7-6-18-13/h1-5,8H,6-7H2. The van der Waals surface area contributed by atoms with Crippen molar-refractivity contribution >= 4 is 23.4 Å². The molecule has 5 heteroatoms. The molecule has 0 fully saturated rings. The van der Waals surface area contributed by atoms with Crippen LogP contribution in [-0.4, -0.2) is 13.2 Å². The quantitative estimate of drug-likeness (QED) is 0.836. The molecule has 100 valence electrons. The molecule has 1 aliphatic heterocycles. The first-order chi connectivity index (χ1) is 9.78. The fraction of sp³-hybridized carbons (Fsp3) is 0.133. The molecule has 1 heterocycles. The Kier molecular flexibility index (Phi) is 3.72. The van der Waals surface area contributed by atoms with Crippen LogP contribution in [0.5, 0.6) is 11.5 Å². The lowest BCUT2D eigenvalue weighted by molar-refractivity contribution is 0.171. The van der Waals surface area contributed by atoms with Crippen molar-refractivity contribution in [2.24, 2.45) is 0 Å². The molecule has 0 unspecified atom stereocenters. The van der Waals surface area contributed by atoms with Gasteiger partial charge >= 0.3 is 0 Å². The van der Waals surface area contributed by atoms with Crippen molar-refractivity contribution < 1.29 is 9.47 Å². The zero-order valence-corrected chi connectivity index (χ0v) is 12.0. The van der Waals surface area contributed by atoms with E-state index in [0.717, 1.165) is 21.3 Å². The number of hydrogen-bond acceptors (Lipinski definition) is 4. The summed E-state index contributed by atoms with van der Waals surface area (Å²) in [5, 5.41) is 9.64. The van der Waals surface area contributed by atoms with Gasteiger partial charge in [0.05, 0.1) is 10.6 Å². The Bertz CT molecular complexity index is 697. The first-order valence-electron chi connectivity index (χ1n) is 6.04. The third-order valence-electron chi connectivity index (χ3n) is 2.83. The molecule has 3 nitrogen and oxygen atoms in total. The SMILES string of the molecule is N#Cc1c(Cl)cccc1Sc1ccc2c(c1)OCCO2. The molecule has 0 spiro atoms. The van der Waals surface area contributed by atoms with E-state index in [9.17, 15) is 5.26 Å². The highest BCUT2D eigenvalue weighted by atomic mass is 35.5. The number of halogens is 1. The van der Waals surface area contributed by atoms with Crippen LogP contribution in [0.4, 0.5) is 0 Å². The number of fused-ring (bicyclic) bond motifs is 1. The Morgan fingerprint density at radius 2 is 1.90 bits per heavy atom. The highest BCUT2D eigenvalue weighted by molar-refractivity contribution is 7.99. The molecule has 2 aromatic rings. The highest BCUT2D eigenvalue weighted by Crippen LogP contribution is 2.38. The Labute approximate surface area is 126 Å². The summed E-state index contributed by atoms with van der Waals surface area (Å²) in [5.41, 5.74) is 0.494. The van der Waals surface area contributed by atoms with E-state index in [1.54, 1.807) is 6.07 Å². The average molecular weight is 304 g/mol. The zero-order chi connectivity index (χ0) is 13.9. The molecule has 0 N–H and O–H groups in total. The summed E-state index contributed by atoms with van der Waals surface area (Å²) in [5.74, 6) is 1.49. The Morgan fingerprint density at radius 3 is 2.70 bits per heavy atom. The fourth-order valence-corrected chi connectivity index (χ4v) is 3.15. The van der Waals surface area contributed by atoms with Crippen molar-refractivity contribution in [2.45, 2.75) is 9.79 Å². The van der Waals surface area contributed by atoms with Gasteiger partial charge in [0, 0.05) is 9.79 Å². The van der Waals surface area contributed by atoms with Crippen molar-refractivity contribution in [3.63, 3.8) is 0 Å². The molecular formula is C15H10ClNO2S. The summed E-state index contributed by atoms with van der Waals surface area (Å²) in [6, 6.07) is 13.3. The van der Waals surface area contributed by atoms with Crippen LogP contribution in [0.15, 0.2) is 46.2 Å². The zero-order valence-electron chi connectivity index (χ0n) is 10.4. The number of nitriles is 1. The Hall–Kier alpha value is -1.83. The van der Waals surface area contributed by atoms with Gasteiger partial charge in [0.15, 0.2) is 11.5 Å². The predicted octanol–water partition coefficient (Wildman–Crippen LogP) is 4.13. The van der Waals surface area contributed by atoms with Crippen molar-refractivity contribution in [1.29, 1.82) is 5.26 Å². The van der Waals surface area contributed by atoms with Crippen molar-refractivity contribution in [3.8, 4) is 17.6 Å². The van der Waals surface area contributed by atoms with Crippen molar-refractivity contribution in [1.82, 2.24) is 0 Å². The third kappa shape index (κ3) is 2.55. The van der Waals surface area contributed by atoms with Gasteiger partial charge in [-0.2, -0.15) is 5.26 Å². The normalized spacial score (nSPS) is 12.8. The minimum Gasteiger partial charge on any atom is -0.486 e. The topological polar surface area (TPSA) is 42.2 Å². The number of ether oxygens (including phenoxy) is 2. The molecule has 0 bridgehead atoms. The van der Waals surface area contributed by atoms with Gasteiger partial charge in [-0.25, -0.2) is 0 Å². The maximum Gasteiger partial charge on any atom is 0.162 e. The van der Waals surface area contributed by atoms with Gasteiger partial charge in [-0.05, 0) is 30.3 Å². The molecule has 20 heavy (non-hydrogen) atoms. The van der Waals surface area contributed by atoms with Gasteiger partial charge in [-0.3, -0.25) is 0 Å². The van der Waals surface area contributed by atoms with E-state index in [4.69, 9.17) is 21.1 Å². The number of benzene rings is 2. The smallest absolute Gasteiger partial charge is 0.162 e. The van der Waals surface area contributed by atoms with Crippen molar-refractivity contribution in [3.05, 3.63) is 47.0 Å². The van der Waals surface area contributed by atoms with Gasteiger partial charge in [-0.1, -0.05) is 29.4 Å². The van der Waals surface area contributed by atoms with E-state index in [-0.39, 0.29) is 0 Å². The predicted molar refractivity (Wildman–Crippen MR) is 77.7 cm³/mol. The van der Waals surface area contributed by atoms with E-state index in [1.807, 2.05) is 30.3 Å². The first kappa shape index (κ1) is 13.2. The lowest BCUT2D eigenvalue weighted by Crippen LogP contribution is -2.15. The summed E-state index contributed by atoms with van der Waals surface area (Å²) in [6.45, 7) is 1.13. The number of nitrogens with zero attached hydrogens (tertiary/aromatic N) is 1. The lowest BCUT2D eigenvalue weighted by atomic mass is 10.2. The number of rotatable bonds is 2. The first-order valence-corrected chi connectivity index (χ1v) is 7.23. The fourth-order valence-electron chi connectivity index (χ4n) is 1.91. The third-order valence-corrected chi connectivity index (χ3v) is 4.19. The molecule has 0 aliphatic carbocycles. The van der Waals surface area contributed by atoms with Crippen LogP contribution < -0.4 is 9.47 Å². The van der Waals surface area contributed by atoms with Crippen LogP contribution in [0.25, 0.3) is 0 Å². The van der Waals surface area contributed by atoms with E-state index in [1.165, 1.54) is 11.8 Å². The van der Waals surface area contributed by atoms with Gasteiger partial charge < -0.3 is 9.47 Å². The Balaban J connectivity index is 1.92. The van der Waals surface area contributed by atoms with Gasteiger partial charge in [0.1, 0.15) is 19.3 Å². The van der Waals surface area contributed by atoms with E-state index in [2.05, 4.69) is 6.07 Å². The molecule has 2 aromatic carbocycles. The van der Waals surface area contributed by atoms with Crippen molar-refractivity contribution in [2.75, 3.05) is 13.2 Å². The summed E-state index contributed by atoms with van der Waals surface area (Å²) in [6.07, 6.45) is 0. The second-order valence-corrected chi connectivity index (χ2v) is 5.65. The Morgan fingerprint density at radius 1 is 1.10 bits per heavy atom. The molecule has 1 aliphatic rings. The van der Waals surface area contributed by atoms with E-state index >= 15 is 0 Å². The van der Waals surface area contributed by atoms with Gasteiger partial charge in [0.25, 0.3) is 0 Å². The maximum atomic E-state index is 9.18. The molecular weight excluding hydrogens is 294 g/mol. The van der Waals surface area contributed by atoms with Crippen LogP contribution in [0.3, 0.4) is 0 Å². The maximum absolute atomic E-state index is 9.18. The van der Waals surface area contributed by atoms with Crippen LogP contribution in [-0.2, 0) is 0 Å². The van der Waals surface area contributed by atoms with E-state index in [0.29, 0.717) is 23.8 Å². The minimum atomic E-state index is 0.468. The molecule has 0 aromatic heterocycles. The average Bonchev–Trinajstić information content (AvgIpc) is 2.47. The summed E-state index contributed by atoms with van der Waals surface area (Å²) < 4.78 is 11.0. The highest BCUT2D eigenvalue weighted by Gasteiger charge is 2.13. The minimum absolute atomic E-state index is 0.468. The van der Waals surface area contributed by atoms with E-state index < -0.39 is 0 Å². The van der Waals surface area contributed by atoms with Crippen LogP contribution >= 0.6 is 23.4 Å². The number of hydrogen-bond donors (Lipinski definition) is 0. The summed E-state index contributed by atoms with van der Waals surface area (Å²) >= 11 is 7.51. The van der Waals surface area contributed by atoms with Crippen LogP contribution in [0.1, 0.15) is 5.56 Å². The summed E-state index contributed by atoms with van der Waals surface area (Å²) in [4.78, 5) is 1.81. The lowest BCUT2D eigenvalue weighted by Gasteiger charge is -2.18. The second kappa shape index (κ2) is 5.66. The molecule has 0 atom stereocenters. The van der Waals surface area contributed by atoms with Gasteiger partial charge in [-0.15, -0.1) is 0 Å². The summed E-state index contributed by atoms with van der Waals surface area (Å²) in [7, 11) is 0. The molecule has 0 amide bonds.